The molecular weight excluding hydrogens is 395 g/mol. The molecular formula is C23H19FN6O. The van der Waals surface area contributed by atoms with E-state index in [4.69, 9.17) is 0 Å². The van der Waals surface area contributed by atoms with Crippen molar-refractivity contribution >= 4 is 23.1 Å². The number of rotatable bonds is 6. The lowest BCUT2D eigenvalue weighted by Crippen LogP contribution is -2.15. The van der Waals surface area contributed by atoms with Crippen molar-refractivity contribution in [2.75, 3.05) is 10.6 Å². The molecule has 31 heavy (non-hydrogen) atoms. The number of halogens is 1. The van der Waals surface area contributed by atoms with E-state index in [9.17, 15) is 9.18 Å². The van der Waals surface area contributed by atoms with Gasteiger partial charge in [-0.1, -0.05) is 24.3 Å². The van der Waals surface area contributed by atoms with Crippen LogP contribution in [-0.4, -0.2) is 25.7 Å². The van der Waals surface area contributed by atoms with Crippen LogP contribution >= 0.6 is 0 Å². The summed E-state index contributed by atoms with van der Waals surface area (Å²) in [4.78, 5) is 17.2. The van der Waals surface area contributed by atoms with Gasteiger partial charge in [0, 0.05) is 17.4 Å². The minimum atomic E-state index is -0.610. The summed E-state index contributed by atoms with van der Waals surface area (Å²) >= 11 is 0. The van der Waals surface area contributed by atoms with Crippen LogP contribution in [0.15, 0.2) is 73.1 Å². The molecule has 154 valence electrons. The summed E-state index contributed by atoms with van der Waals surface area (Å²) in [5.41, 5.74) is 1.98. The SMILES string of the molecule is O=C(Nc1cccc(-c2nncn2C2CC2)n1)c1cc(Nc2ccccc2)ccc1F. The molecule has 1 fully saturated rings. The van der Waals surface area contributed by atoms with Gasteiger partial charge >= 0.3 is 0 Å². The van der Waals surface area contributed by atoms with E-state index in [0.717, 1.165) is 18.5 Å². The van der Waals surface area contributed by atoms with Gasteiger partial charge in [-0.25, -0.2) is 9.37 Å². The number of aromatic nitrogens is 4. The maximum absolute atomic E-state index is 14.4. The first kappa shape index (κ1) is 18.9. The summed E-state index contributed by atoms with van der Waals surface area (Å²) in [6.07, 6.45) is 3.88. The molecule has 5 rings (SSSR count). The third kappa shape index (κ3) is 4.13. The van der Waals surface area contributed by atoms with Gasteiger partial charge in [0.1, 0.15) is 23.7 Å². The summed E-state index contributed by atoms with van der Waals surface area (Å²) in [5.74, 6) is -0.226. The molecule has 4 aromatic rings. The van der Waals surface area contributed by atoms with Crippen molar-refractivity contribution in [1.82, 2.24) is 19.7 Å². The zero-order chi connectivity index (χ0) is 21.2. The predicted molar refractivity (Wildman–Crippen MR) is 116 cm³/mol. The quantitative estimate of drug-likeness (QED) is 0.473. The Kier molecular flexibility index (Phi) is 4.87. The second-order valence-electron chi connectivity index (χ2n) is 7.34. The largest absolute Gasteiger partial charge is 0.356 e. The summed E-state index contributed by atoms with van der Waals surface area (Å²) in [5, 5.41) is 14.0. The maximum Gasteiger partial charge on any atom is 0.259 e. The number of pyridine rings is 1. The normalized spacial score (nSPS) is 13.1. The van der Waals surface area contributed by atoms with Crippen molar-refractivity contribution in [1.29, 1.82) is 0 Å². The molecule has 0 aliphatic heterocycles. The van der Waals surface area contributed by atoms with Gasteiger partial charge in [0.25, 0.3) is 5.91 Å². The van der Waals surface area contributed by atoms with Gasteiger partial charge in [0.05, 0.1) is 5.56 Å². The van der Waals surface area contributed by atoms with Crippen LogP contribution in [0.2, 0.25) is 0 Å². The fourth-order valence-corrected chi connectivity index (χ4v) is 3.32. The summed E-state index contributed by atoms with van der Waals surface area (Å²) < 4.78 is 16.4. The number of nitrogens with one attached hydrogen (secondary N) is 2. The van der Waals surface area contributed by atoms with E-state index in [2.05, 4.69) is 25.8 Å². The Balaban J connectivity index is 1.36. The zero-order valence-corrected chi connectivity index (χ0v) is 16.5. The highest BCUT2D eigenvalue weighted by Crippen LogP contribution is 2.37. The van der Waals surface area contributed by atoms with E-state index in [1.165, 1.54) is 12.1 Å². The molecule has 2 N–H and O–H groups in total. The highest BCUT2D eigenvalue weighted by atomic mass is 19.1. The molecule has 2 heterocycles. The highest BCUT2D eigenvalue weighted by molar-refractivity contribution is 6.04. The first-order chi connectivity index (χ1) is 15.2. The number of benzene rings is 2. The molecule has 1 aliphatic rings. The van der Waals surface area contributed by atoms with Gasteiger partial charge in [-0.05, 0) is 55.3 Å². The van der Waals surface area contributed by atoms with Crippen LogP contribution < -0.4 is 10.6 Å². The molecule has 0 atom stereocenters. The number of nitrogens with zero attached hydrogens (tertiary/aromatic N) is 4. The summed E-state index contributed by atoms with van der Waals surface area (Å²) in [6, 6.07) is 19.4. The molecule has 0 unspecified atom stereocenters. The Labute approximate surface area is 178 Å². The average molecular weight is 414 g/mol. The fourth-order valence-electron chi connectivity index (χ4n) is 3.32. The van der Waals surface area contributed by atoms with E-state index in [0.29, 0.717) is 29.1 Å². The van der Waals surface area contributed by atoms with Crippen molar-refractivity contribution < 1.29 is 9.18 Å². The standard InChI is InChI=1S/C23H19FN6O/c24-19-12-9-16(26-15-5-2-1-3-6-15)13-18(19)23(31)28-21-8-4-7-20(27-21)22-29-25-14-30(22)17-10-11-17/h1-9,12-14,17,26H,10-11H2,(H,27,28,31). The Morgan fingerprint density at radius 2 is 1.84 bits per heavy atom. The van der Waals surface area contributed by atoms with E-state index in [1.807, 2.05) is 41.0 Å². The number of para-hydroxylation sites is 1. The van der Waals surface area contributed by atoms with E-state index in [-0.39, 0.29) is 5.56 Å². The zero-order valence-electron chi connectivity index (χ0n) is 16.5. The first-order valence-electron chi connectivity index (χ1n) is 9.97. The van der Waals surface area contributed by atoms with Gasteiger partial charge in [0.15, 0.2) is 5.82 Å². The third-order valence-corrected chi connectivity index (χ3v) is 5.01. The van der Waals surface area contributed by atoms with Crippen molar-refractivity contribution in [2.45, 2.75) is 18.9 Å². The minimum absolute atomic E-state index is 0.0747. The van der Waals surface area contributed by atoms with Gasteiger partial charge in [-0.3, -0.25) is 4.79 Å². The highest BCUT2D eigenvalue weighted by Gasteiger charge is 2.27. The fraction of sp³-hybridized carbons (Fsp3) is 0.130. The molecule has 2 aromatic heterocycles. The Morgan fingerprint density at radius 1 is 1.00 bits per heavy atom. The lowest BCUT2D eigenvalue weighted by atomic mass is 10.1. The van der Waals surface area contributed by atoms with Crippen molar-refractivity contribution in [3.8, 4) is 11.5 Å². The molecule has 0 saturated heterocycles. The van der Waals surface area contributed by atoms with Crippen LogP contribution in [0, 0.1) is 5.82 Å². The summed E-state index contributed by atoms with van der Waals surface area (Å²) in [6.45, 7) is 0. The second kappa shape index (κ2) is 7.98. The van der Waals surface area contributed by atoms with E-state index in [1.54, 1.807) is 24.5 Å². The van der Waals surface area contributed by atoms with Crippen LogP contribution in [0.1, 0.15) is 29.2 Å². The Hall–Kier alpha value is -4.07. The van der Waals surface area contributed by atoms with Crippen LogP contribution in [0.5, 0.6) is 0 Å². The molecule has 2 aromatic carbocycles. The smallest absolute Gasteiger partial charge is 0.259 e. The first-order valence-corrected chi connectivity index (χ1v) is 9.97. The molecule has 0 bridgehead atoms. The van der Waals surface area contributed by atoms with Crippen LogP contribution in [-0.2, 0) is 0 Å². The number of anilines is 3. The Bertz CT molecular complexity index is 1240. The van der Waals surface area contributed by atoms with E-state index < -0.39 is 11.7 Å². The number of hydrogen-bond donors (Lipinski definition) is 2. The minimum Gasteiger partial charge on any atom is -0.356 e. The lowest BCUT2D eigenvalue weighted by Gasteiger charge is -2.10. The van der Waals surface area contributed by atoms with Gasteiger partial charge in [-0.15, -0.1) is 10.2 Å². The number of hydrogen-bond acceptors (Lipinski definition) is 5. The average Bonchev–Trinajstić information content (AvgIpc) is 3.52. The molecule has 1 aliphatic carbocycles. The van der Waals surface area contributed by atoms with Crippen molar-refractivity contribution in [3.63, 3.8) is 0 Å². The van der Waals surface area contributed by atoms with Gasteiger partial charge < -0.3 is 15.2 Å². The molecule has 0 spiro atoms. The van der Waals surface area contributed by atoms with Crippen molar-refractivity contribution in [3.05, 3.63) is 84.4 Å². The van der Waals surface area contributed by atoms with Gasteiger partial charge in [-0.2, -0.15) is 0 Å². The number of carbonyl (C=O) groups excluding carboxylic acids is 1. The molecule has 7 nitrogen and oxygen atoms in total. The number of carbonyl (C=O) groups is 1. The number of amides is 1. The predicted octanol–water partition coefficient (Wildman–Crippen LogP) is 4.81. The molecule has 1 saturated carbocycles. The second-order valence-corrected chi connectivity index (χ2v) is 7.34. The Morgan fingerprint density at radius 3 is 2.65 bits per heavy atom. The van der Waals surface area contributed by atoms with Crippen LogP contribution in [0.25, 0.3) is 11.5 Å². The lowest BCUT2D eigenvalue weighted by molar-refractivity contribution is 0.102. The molecule has 0 radical (unpaired) electrons. The summed E-state index contributed by atoms with van der Waals surface area (Å²) in [7, 11) is 0. The molecule has 1 amide bonds. The maximum atomic E-state index is 14.4. The van der Waals surface area contributed by atoms with Crippen LogP contribution in [0.3, 0.4) is 0 Å². The third-order valence-electron chi connectivity index (χ3n) is 5.01. The topological polar surface area (TPSA) is 84.7 Å². The monoisotopic (exact) mass is 414 g/mol. The van der Waals surface area contributed by atoms with Crippen LogP contribution in [0.4, 0.5) is 21.6 Å². The van der Waals surface area contributed by atoms with E-state index >= 15 is 0 Å². The van der Waals surface area contributed by atoms with Crippen molar-refractivity contribution in [2.24, 2.45) is 0 Å². The van der Waals surface area contributed by atoms with Gasteiger partial charge in [0.2, 0.25) is 0 Å². The molecule has 8 heteroatoms.